The van der Waals surface area contributed by atoms with Gasteiger partial charge in [-0.3, -0.25) is 14.9 Å². The number of guanidine groups is 1. The van der Waals surface area contributed by atoms with Crippen LogP contribution in [0.5, 0.6) is 0 Å². The fraction of sp³-hybridized carbons (Fsp3) is 0.368. The summed E-state index contributed by atoms with van der Waals surface area (Å²) in [5, 5.41) is 21.9. The molecule has 10 heteroatoms. The Labute approximate surface area is 191 Å². The molecule has 0 unspecified atom stereocenters. The molecule has 0 atom stereocenters. The van der Waals surface area contributed by atoms with E-state index in [-0.39, 0.29) is 47.7 Å². The smallest absolute Gasteiger partial charge is 0.269 e. The van der Waals surface area contributed by atoms with Gasteiger partial charge < -0.3 is 16.0 Å². The highest BCUT2D eigenvalue weighted by Crippen LogP contribution is 2.12. The molecule has 0 aliphatic rings. The van der Waals surface area contributed by atoms with Crippen LogP contribution in [0.1, 0.15) is 31.2 Å². The van der Waals surface area contributed by atoms with Gasteiger partial charge in [0.2, 0.25) is 5.91 Å². The minimum absolute atomic E-state index is 0. The highest BCUT2D eigenvalue weighted by atomic mass is 127. The Morgan fingerprint density at radius 3 is 2.41 bits per heavy atom. The number of hydrogen-bond acceptors (Lipinski definition) is 5. The van der Waals surface area contributed by atoms with E-state index >= 15 is 0 Å². The number of rotatable bonds is 7. The first kappa shape index (κ1) is 24.8. The number of hydrogen-bond donors (Lipinski definition) is 3. The minimum Gasteiger partial charge on any atom is -0.351 e. The summed E-state index contributed by atoms with van der Waals surface area (Å²) in [6, 6.07) is 10.2. The number of nitrogens with one attached hydrogen (secondary N) is 3. The molecule has 0 aliphatic heterocycles. The molecule has 0 saturated heterocycles. The predicted molar refractivity (Wildman–Crippen MR) is 127 cm³/mol. The molecule has 2 aromatic rings. The van der Waals surface area contributed by atoms with Crippen LogP contribution < -0.4 is 16.0 Å². The zero-order chi connectivity index (χ0) is 20.6. The van der Waals surface area contributed by atoms with Gasteiger partial charge in [-0.1, -0.05) is 18.2 Å². The minimum atomic E-state index is -0.434. The first-order valence-corrected chi connectivity index (χ1v) is 9.70. The van der Waals surface area contributed by atoms with Crippen LogP contribution in [0.2, 0.25) is 0 Å². The summed E-state index contributed by atoms with van der Waals surface area (Å²) in [7, 11) is 0. The summed E-state index contributed by atoms with van der Waals surface area (Å²) in [4.78, 5) is 28.0. The number of nitrogens with zero attached hydrogens (tertiary/aromatic N) is 2. The lowest BCUT2D eigenvalue weighted by Crippen LogP contribution is -2.48. The van der Waals surface area contributed by atoms with Crippen molar-refractivity contribution in [2.24, 2.45) is 4.99 Å². The number of non-ortho nitro benzene ring substituents is 1. The van der Waals surface area contributed by atoms with Crippen molar-refractivity contribution in [3.63, 3.8) is 0 Å². The first-order valence-electron chi connectivity index (χ1n) is 8.82. The van der Waals surface area contributed by atoms with E-state index in [0.29, 0.717) is 19.0 Å². The monoisotopic (exact) mass is 531 g/mol. The normalized spacial score (nSPS) is 11.3. The third-order valence-electron chi connectivity index (χ3n) is 3.51. The number of thiophene rings is 1. The van der Waals surface area contributed by atoms with Crippen molar-refractivity contribution in [1.82, 2.24) is 16.0 Å². The molecular formula is C19H26IN5O3S. The van der Waals surface area contributed by atoms with Gasteiger partial charge in [-0.2, -0.15) is 0 Å². The van der Waals surface area contributed by atoms with Crippen LogP contribution in [-0.2, 0) is 17.9 Å². The molecule has 29 heavy (non-hydrogen) atoms. The van der Waals surface area contributed by atoms with Crippen LogP contribution in [0.4, 0.5) is 5.69 Å². The van der Waals surface area contributed by atoms with Gasteiger partial charge >= 0.3 is 0 Å². The first-order chi connectivity index (χ1) is 13.2. The van der Waals surface area contributed by atoms with Crippen molar-refractivity contribution in [2.75, 3.05) is 6.54 Å². The van der Waals surface area contributed by atoms with E-state index < -0.39 is 4.92 Å². The van der Waals surface area contributed by atoms with E-state index in [1.807, 2.05) is 38.3 Å². The molecule has 0 spiro atoms. The van der Waals surface area contributed by atoms with Crippen LogP contribution in [0.3, 0.4) is 0 Å². The molecule has 1 aromatic heterocycles. The van der Waals surface area contributed by atoms with Gasteiger partial charge in [0, 0.05) is 22.5 Å². The summed E-state index contributed by atoms with van der Waals surface area (Å²) >= 11 is 1.63. The van der Waals surface area contributed by atoms with Crippen LogP contribution in [0.15, 0.2) is 46.8 Å². The molecule has 158 valence electrons. The van der Waals surface area contributed by atoms with E-state index in [9.17, 15) is 14.9 Å². The topological polar surface area (TPSA) is 109 Å². The molecule has 1 heterocycles. The Hall–Kier alpha value is -2.21. The summed E-state index contributed by atoms with van der Waals surface area (Å²) in [5.74, 6) is 0.365. The average Bonchev–Trinajstić information content (AvgIpc) is 3.13. The third-order valence-corrected chi connectivity index (χ3v) is 4.38. The largest absolute Gasteiger partial charge is 0.351 e. The van der Waals surface area contributed by atoms with Crippen molar-refractivity contribution in [2.45, 2.75) is 39.4 Å². The standard InChI is InChI=1S/C19H25N5O3S.HI/c1-19(2,3)23-17(25)13-22-18(21-12-16-5-4-10-28-16)20-11-14-6-8-15(9-7-14)24(26)27;/h4-10H,11-13H2,1-3H3,(H,23,25)(H2,20,21,22);1H. The zero-order valence-electron chi connectivity index (χ0n) is 16.6. The van der Waals surface area contributed by atoms with Gasteiger partial charge in [0.25, 0.3) is 5.69 Å². The van der Waals surface area contributed by atoms with E-state index in [1.165, 1.54) is 12.1 Å². The van der Waals surface area contributed by atoms with E-state index in [0.717, 1.165) is 10.4 Å². The van der Waals surface area contributed by atoms with Crippen molar-refractivity contribution < 1.29 is 9.72 Å². The van der Waals surface area contributed by atoms with E-state index in [1.54, 1.807) is 23.5 Å². The molecular weight excluding hydrogens is 505 g/mol. The second kappa shape index (κ2) is 11.7. The van der Waals surface area contributed by atoms with Gasteiger partial charge in [-0.15, -0.1) is 35.3 Å². The third kappa shape index (κ3) is 9.70. The lowest BCUT2D eigenvalue weighted by molar-refractivity contribution is -0.384. The van der Waals surface area contributed by atoms with E-state index in [4.69, 9.17) is 0 Å². The van der Waals surface area contributed by atoms with Gasteiger partial charge in [0.1, 0.15) is 0 Å². The number of halogens is 1. The van der Waals surface area contributed by atoms with Gasteiger partial charge in [0.05, 0.1) is 24.6 Å². The Morgan fingerprint density at radius 1 is 1.17 bits per heavy atom. The maximum atomic E-state index is 12.1. The number of nitro groups is 1. The van der Waals surface area contributed by atoms with E-state index in [2.05, 4.69) is 20.9 Å². The molecule has 1 aromatic carbocycles. The molecule has 0 bridgehead atoms. The number of amides is 1. The number of nitro benzene ring substituents is 1. The lowest BCUT2D eigenvalue weighted by Gasteiger charge is -2.21. The van der Waals surface area contributed by atoms with Crippen LogP contribution in [0, 0.1) is 10.1 Å². The average molecular weight is 531 g/mol. The molecule has 0 saturated carbocycles. The quantitative estimate of drug-likeness (QED) is 0.167. The summed E-state index contributed by atoms with van der Waals surface area (Å²) < 4.78 is 0. The molecule has 1 amide bonds. The molecule has 0 aliphatic carbocycles. The van der Waals surface area contributed by atoms with Crippen molar-refractivity contribution in [1.29, 1.82) is 0 Å². The van der Waals surface area contributed by atoms with Crippen molar-refractivity contribution in [3.05, 3.63) is 62.3 Å². The highest BCUT2D eigenvalue weighted by molar-refractivity contribution is 14.0. The summed E-state index contributed by atoms with van der Waals surface area (Å²) in [6.45, 7) is 6.77. The number of carbonyl (C=O) groups excluding carboxylic acids is 1. The van der Waals surface area contributed by atoms with Crippen LogP contribution in [0.25, 0.3) is 0 Å². The number of benzene rings is 1. The molecule has 3 N–H and O–H groups in total. The second-order valence-electron chi connectivity index (χ2n) is 7.17. The van der Waals surface area contributed by atoms with Crippen molar-refractivity contribution >= 4 is 52.9 Å². The number of carbonyl (C=O) groups is 1. The van der Waals surface area contributed by atoms with Crippen LogP contribution in [-0.4, -0.2) is 28.9 Å². The Balaban J connectivity index is 0.00000420. The second-order valence-corrected chi connectivity index (χ2v) is 8.21. The Morgan fingerprint density at radius 2 is 1.86 bits per heavy atom. The fourth-order valence-corrected chi connectivity index (χ4v) is 2.92. The summed E-state index contributed by atoms with van der Waals surface area (Å²) in [5.41, 5.74) is 0.571. The SMILES string of the molecule is CC(C)(C)NC(=O)CNC(=NCc1ccc([N+](=O)[O-])cc1)NCc1cccs1.I. The van der Waals surface area contributed by atoms with Crippen molar-refractivity contribution in [3.8, 4) is 0 Å². The molecule has 8 nitrogen and oxygen atoms in total. The maximum Gasteiger partial charge on any atom is 0.269 e. The lowest BCUT2D eigenvalue weighted by atomic mass is 10.1. The molecule has 2 rings (SSSR count). The van der Waals surface area contributed by atoms with Gasteiger partial charge in [-0.25, -0.2) is 4.99 Å². The zero-order valence-corrected chi connectivity index (χ0v) is 19.7. The molecule has 0 radical (unpaired) electrons. The Kier molecular flexibility index (Phi) is 10.0. The van der Waals surface area contributed by atoms with Crippen LogP contribution >= 0.6 is 35.3 Å². The summed E-state index contributed by atoms with van der Waals surface area (Å²) in [6.07, 6.45) is 0. The highest BCUT2D eigenvalue weighted by Gasteiger charge is 2.14. The van der Waals surface area contributed by atoms with Gasteiger partial charge in [-0.05, 0) is 37.8 Å². The number of aliphatic imine (C=N–C) groups is 1. The van der Waals surface area contributed by atoms with Gasteiger partial charge in [0.15, 0.2) is 5.96 Å². The maximum absolute atomic E-state index is 12.1. The fourth-order valence-electron chi connectivity index (χ4n) is 2.28. The molecule has 0 fully saturated rings. The predicted octanol–water partition coefficient (Wildman–Crippen LogP) is 3.42. The Bertz CT molecular complexity index is 817.